The minimum atomic E-state index is -1.96. The van der Waals surface area contributed by atoms with Gasteiger partial charge in [0.1, 0.15) is 27.9 Å². The van der Waals surface area contributed by atoms with Crippen LogP contribution in [-0.4, -0.2) is 40.5 Å². The third-order valence-corrected chi connectivity index (χ3v) is 9.11. The maximum Gasteiger partial charge on any atom is 0.332 e. The maximum atomic E-state index is 14.8. The maximum absolute atomic E-state index is 14.8. The van der Waals surface area contributed by atoms with E-state index in [4.69, 9.17) is 25.8 Å². The Morgan fingerprint density at radius 3 is 2.41 bits per heavy atom. The van der Waals surface area contributed by atoms with Crippen molar-refractivity contribution in [3.8, 4) is 17.2 Å². The Morgan fingerprint density at radius 1 is 1.05 bits per heavy atom. The van der Waals surface area contributed by atoms with Crippen LogP contribution in [0.25, 0.3) is 0 Å². The molecule has 6 rings (SSSR count). The minimum Gasteiger partial charge on any atom is -0.496 e. The molecule has 0 radical (unpaired) electrons. The number of methoxy groups -OCH3 is 2. The second kappa shape index (κ2) is 9.35. The molecule has 0 bridgehead atoms. The van der Waals surface area contributed by atoms with Gasteiger partial charge in [0.25, 0.3) is 5.56 Å². The van der Waals surface area contributed by atoms with E-state index in [1.165, 1.54) is 31.9 Å². The monoisotopic (exact) mass is 641 g/mol. The predicted octanol–water partition coefficient (Wildman–Crippen LogP) is 3.95. The predicted molar refractivity (Wildman–Crippen MR) is 155 cm³/mol. The summed E-state index contributed by atoms with van der Waals surface area (Å²) in [4.78, 5) is 55.6. The Morgan fingerprint density at radius 2 is 1.76 bits per heavy atom. The summed E-state index contributed by atoms with van der Waals surface area (Å²) in [6.45, 7) is 1.75. The number of carbonyl (C=O) groups excluding carboxylic acids is 2. The van der Waals surface area contributed by atoms with Gasteiger partial charge in [-0.1, -0.05) is 46.6 Å². The number of halogens is 2. The second-order valence-electron chi connectivity index (χ2n) is 10.4. The summed E-state index contributed by atoms with van der Waals surface area (Å²) in [6.07, 6.45) is 0.214. The molecule has 0 saturated heterocycles. The number of allylic oxidation sites excluding steroid dienone is 1. The van der Waals surface area contributed by atoms with E-state index in [2.05, 4.69) is 21.2 Å². The van der Waals surface area contributed by atoms with Gasteiger partial charge in [-0.3, -0.25) is 23.5 Å². The normalized spacial score (nSPS) is 22.6. The highest BCUT2D eigenvalue weighted by molar-refractivity contribution is 9.10. The second-order valence-corrected chi connectivity index (χ2v) is 11.7. The van der Waals surface area contributed by atoms with Gasteiger partial charge < -0.3 is 19.5 Å². The molecular weight excluding hydrogens is 618 g/mol. The summed E-state index contributed by atoms with van der Waals surface area (Å²) in [5.74, 6) is -2.01. The van der Waals surface area contributed by atoms with Crippen molar-refractivity contribution in [1.29, 1.82) is 0 Å². The molecule has 3 heterocycles. The third-order valence-electron chi connectivity index (χ3n) is 8.26. The minimum absolute atomic E-state index is 0.0126. The third kappa shape index (κ3) is 3.54. The zero-order chi connectivity index (χ0) is 29.5. The lowest BCUT2D eigenvalue weighted by atomic mass is 9.66. The summed E-state index contributed by atoms with van der Waals surface area (Å²) in [5, 5.41) is 3.25. The number of aromatic nitrogens is 2. The van der Waals surface area contributed by atoms with E-state index in [0.29, 0.717) is 17.1 Å². The molecule has 212 valence electrons. The van der Waals surface area contributed by atoms with Gasteiger partial charge in [-0.05, 0) is 24.1 Å². The van der Waals surface area contributed by atoms with Crippen molar-refractivity contribution in [2.24, 2.45) is 20.0 Å². The summed E-state index contributed by atoms with van der Waals surface area (Å²) < 4.78 is 20.3. The van der Waals surface area contributed by atoms with Crippen molar-refractivity contribution in [2.45, 2.75) is 24.9 Å². The first-order valence-electron chi connectivity index (χ1n) is 12.8. The SMILES string of the molecule is COc1cc(OC)c2c(c1Cl)O[C@@]1(C(=O)C3=C(C[C@H]1C)Nc1c(c(=O)n(C)c(=O)n1C)[C@@H]3c1cccc(Br)c1)C2=O. The topological polar surface area (TPSA) is 118 Å². The van der Waals surface area contributed by atoms with Gasteiger partial charge in [0, 0.05) is 47.7 Å². The van der Waals surface area contributed by atoms with Gasteiger partial charge in [0.2, 0.25) is 17.2 Å². The first-order chi connectivity index (χ1) is 19.5. The molecule has 3 aromatic rings. The standard InChI is InChI=1S/C29H25BrClN3O7/c1-12-9-15-19(24(35)29(12)25(36)20-16(39-4)11-17(40-5)22(31)23(20)41-29)18(13-7-6-8-14(30)10-13)21-26(32-15)33(2)28(38)34(3)27(21)37/h6-8,10-12,18,32H,9H2,1-5H3/t12-,18-,29+/m1/s1. The van der Waals surface area contributed by atoms with Crippen molar-refractivity contribution < 1.29 is 23.8 Å². The number of hydrogen-bond acceptors (Lipinski definition) is 8. The number of nitrogens with one attached hydrogen (secondary N) is 1. The highest BCUT2D eigenvalue weighted by Gasteiger charge is 2.63. The summed E-state index contributed by atoms with van der Waals surface area (Å²) >= 11 is 10.1. The van der Waals surface area contributed by atoms with Crippen molar-refractivity contribution in [3.63, 3.8) is 0 Å². The highest BCUT2D eigenvalue weighted by atomic mass is 79.9. The quantitative estimate of drug-likeness (QED) is 0.427. The van der Waals surface area contributed by atoms with E-state index >= 15 is 0 Å². The summed E-state index contributed by atoms with van der Waals surface area (Å²) in [7, 11) is 5.78. The average molecular weight is 643 g/mol. The molecule has 0 saturated carbocycles. The Labute approximate surface area is 247 Å². The van der Waals surface area contributed by atoms with Crippen LogP contribution in [0.1, 0.15) is 40.7 Å². The van der Waals surface area contributed by atoms with E-state index in [1.54, 1.807) is 26.1 Å². The Kier molecular flexibility index (Phi) is 6.24. The van der Waals surface area contributed by atoms with Crippen LogP contribution in [0.2, 0.25) is 5.02 Å². The Bertz CT molecular complexity index is 1860. The molecule has 0 amide bonds. The number of Topliss-reactive ketones (excluding diaryl/α,β-unsaturated/α-hetero) is 2. The lowest BCUT2D eigenvalue weighted by Gasteiger charge is -2.42. The number of carbonyl (C=O) groups is 2. The average Bonchev–Trinajstić information content (AvgIpc) is 3.27. The zero-order valence-electron chi connectivity index (χ0n) is 22.8. The number of anilines is 1. The Balaban J connectivity index is 1.62. The number of ketones is 2. The van der Waals surface area contributed by atoms with Crippen LogP contribution in [0, 0.1) is 5.92 Å². The number of benzene rings is 2. The number of fused-ring (bicyclic) bond motifs is 2. The molecule has 3 aliphatic rings. The van der Waals surface area contributed by atoms with E-state index in [1.807, 2.05) is 12.1 Å². The molecule has 2 aliphatic heterocycles. The molecule has 2 aromatic carbocycles. The lowest BCUT2D eigenvalue weighted by molar-refractivity contribution is -0.130. The van der Waals surface area contributed by atoms with Crippen LogP contribution in [0.15, 0.2) is 55.7 Å². The van der Waals surface area contributed by atoms with Gasteiger partial charge >= 0.3 is 5.69 Å². The summed E-state index contributed by atoms with van der Waals surface area (Å²) in [6, 6.07) is 8.71. The van der Waals surface area contributed by atoms with E-state index in [9.17, 15) is 19.2 Å². The van der Waals surface area contributed by atoms with Gasteiger partial charge in [-0.25, -0.2) is 4.79 Å². The molecule has 10 nitrogen and oxygen atoms in total. The first-order valence-corrected chi connectivity index (χ1v) is 13.9. The molecule has 0 fully saturated rings. The fourth-order valence-electron chi connectivity index (χ4n) is 6.21. The van der Waals surface area contributed by atoms with Gasteiger partial charge in [-0.2, -0.15) is 0 Å². The zero-order valence-corrected chi connectivity index (χ0v) is 25.1. The van der Waals surface area contributed by atoms with Crippen LogP contribution >= 0.6 is 27.5 Å². The molecule has 0 unspecified atom stereocenters. The molecular formula is C29H25BrClN3O7. The van der Waals surface area contributed by atoms with E-state index < -0.39 is 40.3 Å². The van der Waals surface area contributed by atoms with Crippen LogP contribution in [0.3, 0.4) is 0 Å². The first kappa shape index (κ1) is 27.3. The highest BCUT2D eigenvalue weighted by Crippen LogP contribution is 2.56. The fraction of sp³-hybridized carbons (Fsp3) is 0.310. The van der Waals surface area contributed by atoms with Crippen LogP contribution in [0.5, 0.6) is 17.2 Å². The van der Waals surface area contributed by atoms with Crippen LogP contribution in [-0.2, 0) is 18.9 Å². The fourth-order valence-corrected chi connectivity index (χ4v) is 6.89. The van der Waals surface area contributed by atoms with E-state index in [0.717, 1.165) is 9.04 Å². The van der Waals surface area contributed by atoms with Crippen molar-refractivity contribution in [3.05, 3.63) is 88.6 Å². The number of ether oxygens (including phenoxy) is 3. The van der Waals surface area contributed by atoms with Crippen LogP contribution < -0.4 is 30.8 Å². The van der Waals surface area contributed by atoms with Gasteiger partial charge in [0.15, 0.2) is 5.75 Å². The number of rotatable bonds is 3. The van der Waals surface area contributed by atoms with Crippen molar-refractivity contribution in [1.82, 2.24) is 9.13 Å². The molecule has 3 atom stereocenters. The number of hydrogen-bond donors (Lipinski definition) is 1. The van der Waals surface area contributed by atoms with Crippen LogP contribution in [0.4, 0.5) is 5.82 Å². The molecule has 1 N–H and O–H groups in total. The molecule has 1 spiro atoms. The molecule has 1 aliphatic carbocycles. The largest absolute Gasteiger partial charge is 0.496 e. The lowest BCUT2D eigenvalue weighted by Crippen LogP contribution is -2.58. The molecule has 41 heavy (non-hydrogen) atoms. The number of nitrogens with zero attached hydrogens (tertiary/aromatic N) is 2. The molecule has 1 aromatic heterocycles. The van der Waals surface area contributed by atoms with E-state index in [-0.39, 0.29) is 45.4 Å². The summed E-state index contributed by atoms with van der Waals surface area (Å²) in [5.41, 5.74) is -1.39. The van der Waals surface area contributed by atoms with Gasteiger partial charge in [0.05, 0.1) is 19.8 Å². The van der Waals surface area contributed by atoms with Crippen molar-refractivity contribution in [2.75, 3.05) is 19.5 Å². The smallest absolute Gasteiger partial charge is 0.332 e. The Hall–Kier alpha value is -3.83. The molecule has 12 heteroatoms. The van der Waals surface area contributed by atoms with Crippen molar-refractivity contribution >= 4 is 44.9 Å². The van der Waals surface area contributed by atoms with Gasteiger partial charge in [-0.15, -0.1) is 0 Å².